The summed E-state index contributed by atoms with van der Waals surface area (Å²) in [6.07, 6.45) is 0. The number of fused-ring (bicyclic) bond motifs is 1. The van der Waals surface area contributed by atoms with Gasteiger partial charge < -0.3 is 14.6 Å². The number of benzene rings is 2. The number of nitrogens with zero attached hydrogens (tertiary/aromatic N) is 2. The summed E-state index contributed by atoms with van der Waals surface area (Å²) in [7, 11) is 1.67. The smallest absolute Gasteiger partial charge is 0.237 e. The van der Waals surface area contributed by atoms with Crippen LogP contribution in [0.1, 0.15) is 6.92 Å². The van der Waals surface area contributed by atoms with Gasteiger partial charge in [-0.2, -0.15) is 0 Å². The van der Waals surface area contributed by atoms with E-state index in [1.807, 2.05) is 31.2 Å². The molecule has 0 aliphatic rings. The summed E-state index contributed by atoms with van der Waals surface area (Å²) in [5.74, 6) is -0.0809. The Balaban J connectivity index is 1.76. The first kappa shape index (κ1) is 18.8. The van der Waals surface area contributed by atoms with Crippen molar-refractivity contribution in [3.8, 4) is 0 Å². The molecule has 26 heavy (non-hydrogen) atoms. The van der Waals surface area contributed by atoms with Crippen molar-refractivity contribution >= 4 is 46.0 Å². The van der Waals surface area contributed by atoms with Gasteiger partial charge in [-0.25, -0.2) is 4.98 Å². The Hall–Kier alpha value is -2.02. The minimum Gasteiger partial charge on any atom is -0.383 e. The third-order valence-electron chi connectivity index (χ3n) is 3.90. The fourth-order valence-electron chi connectivity index (χ4n) is 2.53. The number of anilines is 1. The van der Waals surface area contributed by atoms with Gasteiger partial charge in [-0.3, -0.25) is 4.79 Å². The molecule has 0 unspecified atom stereocenters. The fourth-order valence-corrected chi connectivity index (χ4v) is 3.61. The fraction of sp³-hybridized carbons (Fsp3) is 0.263. The third-order valence-corrected chi connectivity index (χ3v) is 5.24. The number of halogens is 1. The van der Waals surface area contributed by atoms with Crippen molar-refractivity contribution < 1.29 is 9.53 Å². The summed E-state index contributed by atoms with van der Waals surface area (Å²) < 4.78 is 7.31. The number of thioether (sulfide) groups is 1. The number of nitrogens with one attached hydrogen (secondary N) is 1. The molecule has 3 aromatic rings. The number of para-hydroxylation sites is 2. The predicted molar refractivity (Wildman–Crippen MR) is 107 cm³/mol. The highest BCUT2D eigenvalue weighted by Crippen LogP contribution is 2.28. The van der Waals surface area contributed by atoms with Crippen LogP contribution in [0.15, 0.2) is 53.7 Å². The minimum atomic E-state index is -0.302. The van der Waals surface area contributed by atoms with E-state index in [1.165, 1.54) is 11.8 Å². The lowest BCUT2D eigenvalue weighted by atomic mass is 10.3. The van der Waals surface area contributed by atoms with E-state index >= 15 is 0 Å². The van der Waals surface area contributed by atoms with Gasteiger partial charge >= 0.3 is 0 Å². The van der Waals surface area contributed by atoms with Gasteiger partial charge in [-0.05, 0) is 43.3 Å². The van der Waals surface area contributed by atoms with E-state index in [2.05, 4.69) is 14.9 Å². The standard InChI is InChI=1S/C19H20ClN3O2S/c1-13(18(24)21-15-9-7-14(20)8-10-15)26-19-22-16-5-3-4-6-17(16)23(19)11-12-25-2/h3-10,13H,11-12H2,1-2H3,(H,21,24)/t13-/m1/s1. The summed E-state index contributed by atoms with van der Waals surface area (Å²) in [5, 5.41) is 4.05. The molecule has 0 aliphatic carbocycles. The molecule has 0 saturated heterocycles. The van der Waals surface area contributed by atoms with E-state index in [9.17, 15) is 4.79 Å². The van der Waals surface area contributed by atoms with E-state index in [-0.39, 0.29) is 11.2 Å². The molecule has 0 spiro atoms. The van der Waals surface area contributed by atoms with Crippen molar-refractivity contribution in [2.75, 3.05) is 19.0 Å². The Morgan fingerprint density at radius 2 is 2.00 bits per heavy atom. The molecule has 136 valence electrons. The van der Waals surface area contributed by atoms with Gasteiger partial charge in [0.15, 0.2) is 5.16 Å². The first-order chi connectivity index (χ1) is 12.6. The van der Waals surface area contributed by atoms with Crippen molar-refractivity contribution in [2.45, 2.75) is 23.9 Å². The van der Waals surface area contributed by atoms with Crippen LogP contribution in [0, 0.1) is 0 Å². The molecule has 5 nitrogen and oxygen atoms in total. The van der Waals surface area contributed by atoms with Gasteiger partial charge in [0.1, 0.15) is 0 Å². The van der Waals surface area contributed by atoms with Crippen LogP contribution >= 0.6 is 23.4 Å². The lowest BCUT2D eigenvalue weighted by Gasteiger charge is -2.13. The van der Waals surface area contributed by atoms with Gasteiger partial charge in [-0.15, -0.1) is 0 Å². The lowest BCUT2D eigenvalue weighted by molar-refractivity contribution is -0.115. The van der Waals surface area contributed by atoms with E-state index in [0.29, 0.717) is 18.2 Å². The summed E-state index contributed by atoms with van der Waals surface area (Å²) >= 11 is 7.31. The van der Waals surface area contributed by atoms with Gasteiger partial charge in [-0.1, -0.05) is 35.5 Å². The summed E-state index contributed by atoms with van der Waals surface area (Å²) in [4.78, 5) is 17.2. The quantitative estimate of drug-likeness (QED) is 0.606. The topological polar surface area (TPSA) is 56.1 Å². The second-order valence-corrected chi connectivity index (χ2v) is 7.53. The lowest BCUT2D eigenvalue weighted by Crippen LogP contribution is -2.23. The second-order valence-electron chi connectivity index (χ2n) is 5.78. The zero-order valence-electron chi connectivity index (χ0n) is 14.6. The molecule has 3 rings (SSSR count). The van der Waals surface area contributed by atoms with Crippen LogP contribution in [0.25, 0.3) is 11.0 Å². The molecule has 0 saturated carbocycles. The highest BCUT2D eigenvalue weighted by molar-refractivity contribution is 8.00. The van der Waals surface area contributed by atoms with Gasteiger partial charge in [0.25, 0.3) is 0 Å². The highest BCUT2D eigenvalue weighted by atomic mass is 35.5. The normalized spacial score (nSPS) is 12.3. The Bertz CT molecular complexity index is 895. The largest absolute Gasteiger partial charge is 0.383 e. The van der Waals surface area contributed by atoms with Gasteiger partial charge in [0.2, 0.25) is 5.91 Å². The maximum absolute atomic E-state index is 12.5. The van der Waals surface area contributed by atoms with Gasteiger partial charge in [0, 0.05) is 24.4 Å². The molecule has 0 bridgehead atoms. The van der Waals surface area contributed by atoms with E-state index in [1.54, 1.807) is 31.4 Å². The Morgan fingerprint density at radius 1 is 1.27 bits per heavy atom. The second kappa shape index (κ2) is 8.58. The van der Waals surface area contributed by atoms with E-state index < -0.39 is 0 Å². The molecular formula is C19H20ClN3O2S. The maximum Gasteiger partial charge on any atom is 0.237 e. The minimum absolute atomic E-state index is 0.0809. The molecule has 0 aliphatic heterocycles. The van der Waals surface area contributed by atoms with Crippen molar-refractivity contribution in [1.29, 1.82) is 0 Å². The number of carbonyl (C=O) groups excluding carboxylic acids is 1. The van der Waals surface area contributed by atoms with Crippen LogP contribution in [-0.2, 0) is 16.1 Å². The molecule has 1 N–H and O–H groups in total. The average molecular weight is 390 g/mol. The molecule has 1 aromatic heterocycles. The number of carbonyl (C=O) groups is 1. The number of aromatic nitrogens is 2. The molecular weight excluding hydrogens is 370 g/mol. The van der Waals surface area contributed by atoms with Crippen molar-refractivity contribution in [3.05, 3.63) is 53.6 Å². The molecule has 0 radical (unpaired) electrons. The third kappa shape index (κ3) is 4.38. The molecule has 7 heteroatoms. The number of amides is 1. The van der Waals surface area contributed by atoms with Crippen molar-refractivity contribution in [1.82, 2.24) is 9.55 Å². The SMILES string of the molecule is COCCn1c(S[C@H](C)C(=O)Nc2ccc(Cl)cc2)nc2ccccc21. The number of ether oxygens (including phenoxy) is 1. The molecule has 0 fully saturated rings. The number of rotatable bonds is 7. The van der Waals surface area contributed by atoms with Crippen LogP contribution < -0.4 is 5.32 Å². The Morgan fingerprint density at radius 3 is 2.73 bits per heavy atom. The molecule has 1 heterocycles. The van der Waals surface area contributed by atoms with Crippen molar-refractivity contribution in [3.63, 3.8) is 0 Å². The summed E-state index contributed by atoms with van der Waals surface area (Å²) in [5.41, 5.74) is 2.67. The van der Waals surface area contributed by atoms with E-state index in [0.717, 1.165) is 21.9 Å². The van der Waals surface area contributed by atoms with Crippen LogP contribution in [-0.4, -0.2) is 34.4 Å². The summed E-state index contributed by atoms with van der Waals surface area (Å²) in [6.45, 7) is 3.14. The molecule has 1 amide bonds. The van der Waals surface area contributed by atoms with Crippen molar-refractivity contribution in [2.24, 2.45) is 0 Å². The monoisotopic (exact) mass is 389 g/mol. The number of hydrogen-bond donors (Lipinski definition) is 1. The Labute approximate surface area is 161 Å². The average Bonchev–Trinajstić information content (AvgIpc) is 2.98. The van der Waals surface area contributed by atoms with Crippen LogP contribution in [0.5, 0.6) is 0 Å². The number of imidazole rings is 1. The zero-order valence-corrected chi connectivity index (χ0v) is 16.2. The van der Waals surface area contributed by atoms with E-state index in [4.69, 9.17) is 16.3 Å². The van der Waals surface area contributed by atoms with Crippen LogP contribution in [0.2, 0.25) is 5.02 Å². The first-order valence-corrected chi connectivity index (χ1v) is 9.51. The van der Waals surface area contributed by atoms with Crippen LogP contribution in [0.3, 0.4) is 0 Å². The predicted octanol–water partition coefficient (Wildman–Crippen LogP) is 4.46. The zero-order chi connectivity index (χ0) is 18.5. The number of methoxy groups -OCH3 is 1. The summed E-state index contributed by atoms with van der Waals surface area (Å²) in [6, 6.07) is 15.0. The maximum atomic E-state index is 12.5. The van der Waals surface area contributed by atoms with Crippen LogP contribution in [0.4, 0.5) is 5.69 Å². The highest BCUT2D eigenvalue weighted by Gasteiger charge is 2.19. The van der Waals surface area contributed by atoms with Gasteiger partial charge in [0.05, 0.1) is 22.9 Å². The first-order valence-electron chi connectivity index (χ1n) is 8.26. The number of hydrogen-bond acceptors (Lipinski definition) is 4. The Kier molecular flexibility index (Phi) is 6.19. The molecule has 2 aromatic carbocycles. The molecule has 1 atom stereocenters.